The van der Waals surface area contributed by atoms with Crippen LogP contribution in [0.4, 0.5) is 11.4 Å². The van der Waals surface area contributed by atoms with Gasteiger partial charge in [-0.1, -0.05) is 24.3 Å². The van der Waals surface area contributed by atoms with Gasteiger partial charge in [-0.15, -0.1) is 0 Å². The molecule has 0 spiro atoms. The number of Topliss-reactive ketones (excluding diaryl/α,β-unsaturated/α-hetero) is 1. The highest BCUT2D eigenvalue weighted by Crippen LogP contribution is 2.38. The average Bonchev–Trinajstić information content (AvgIpc) is 2.69. The molecule has 2 aliphatic heterocycles. The van der Waals surface area contributed by atoms with E-state index in [1.807, 2.05) is 29.2 Å². The van der Waals surface area contributed by atoms with E-state index in [0.29, 0.717) is 17.8 Å². The Morgan fingerprint density at radius 2 is 2.00 bits per heavy atom. The fourth-order valence-electron chi connectivity index (χ4n) is 3.14. The van der Waals surface area contributed by atoms with Gasteiger partial charge in [0, 0.05) is 18.7 Å². The smallest absolute Gasteiger partial charge is 0.211 e. The number of allylic oxidation sites excluding steroid dienone is 1. The Balaban J connectivity index is 1.85. The van der Waals surface area contributed by atoms with Crippen molar-refractivity contribution in [1.82, 2.24) is 0 Å². The number of carbonyl (C=O) groups is 1. The van der Waals surface area contributed by atoms with Crippen molar-refractivity contribution in [3.63, 3.8) is 0 Å². The molecular formula is C17H14N2O3. The summed E-state index contributed by atoms with van der Waals surface area (Å²) in [6.07, 6.45) is 2.76. The number of anilines is 1. The van der Waals surface area contributed by atoms with Gasteiger partial charge in [0.2, 0.25) is 5.78 Å². The van der Waals surface area contributed by atoms with Gasteiger partial charge in [-0.05, 0) is 29.7 Å². The first-order chi connectivity index (χ1) is 10.6. The molecule has 2 aromatic carbocycles. The largest absolute Gasteiger partial charge is 0.595 e. The second-order valence-corrected chi connectivity index (χ2v) is 5.50. The summed E-state index contributed by atoms with van der Waals surface area (Å²) in [7, 11) is 0. The third-order valence-electron chi connectivity index (χ3n) is 4.25. The Kier molecular flexibility index (Phi) is 2.87. The van der Waals surface area contributed by atoms with Gasteiger partial charge < -0.3 is 10.1 Å². The minimum Gasteiger partial charge on any atom is -0.595 e. The SMILES string of the molecule is O=C1C2=Cc3ccccc3CCN2c2ccc([NH+]([O-])O)cc21. The minimum absolute atomic E-state index is 0.102. The number of hydrogen-bond acceptors (Lipinski definition) is 4. The second-order valence-electron chi connectivity index (χ2n) is 5.50. The lowest BCUT2D eigenvalue weighted by Gasteiger charge is -2.19. The fourth-order valence-corrected chi connectivity index (χ4v) is 3.14. The molecule has 0 fully saturated rings. The molecule has 1 atom stereocenters. The molecule has 4 rings (SSSR count). The number of fused-ring (bicyclic) bond motifs is 4. The van der Waals surface area contributed by atoms with E-state index in [1.165, 1.54) is 11.6 Å². The van der Waals surface area contributed by atoms with Crippen molar-refractivity contribution in [2.45, 2.75) is 6.42 Å². The van der Waals surface area contributed by atoms with Crippen LogP contribution in [0.1, 0.15) is 21.5 Å². The van der Waals surface area contributed by atoms with E-state index in [1.54, 1.807) is 12.1 Å². The van der Waals surface area contributed by atoms with Crippen molar-refractivity contribution < 1.29 is 15.2 Å². The summed E-state index contributed by atoms with van der Waals surface area (Å²) < 4.78 is 0. The lowest BCUT2D eigenvalue weighted by atomic mass is 10.0. The summed E-state index contributed by atoms with van der Waals surface area (Å²) in [5, 5.41) is 19.2. The first kappa shape index (κ1) is 13.2. The third-order valence-corrected chi connectivity index (χ3v) is 4.25. The molecule has 2 aromatic rings. The molecular weight excluding hydrogens is 280 g/mol. The van der Waals surface area contributed by atoms with Crippen LogP contribution >= 0.6 is 0 Å². The van der Waals surface area contributed by atoms with Crippen LogP contribution in [-0.4, -0.2) is 17.5 Å². The normalized spacial score (nSPS) is 17.3. The Labute approximate surface area is 127 Å². The molecule has 5 nitrogen and oxygen atoms in total. The van der Waals surface area contributed by atoms with E-state index in [4.69, 9.17) is 5.21 Å². The quantitative estimate of drug-likeness (QED) is 0.785. The van der Waals surface area contributed by atoms with Crippen molar-refractivity contribution in [3.8, 4) is 0 Å². The van der Waals surface area contributed by atoms with Crippen LogP contribution in [0.15, 0.2) is 48.2 Å². The second kappa shape index (κ2) is 4.78. The van der Waals surface area contributed by atoms with Crippen LogP contribution in [0.5, 0.6) is 0 Å². The molecule has 0 saturated heterocycles. The zero-order valence-corrected chi connectivity index (χ0v) is 11.7. The highest BCUT2D eigenvalue weighted by Gasteiger charge is 2.34. The standard InChI is InChI=1S/C17H14N2O3/c20-17-14-10-13(19(21)22)5-6-15(14)18-8-7-11-3-1-2-4-12(11)9-16(17)18/h1-6,9-10,19,21H,7-8H2. The molecule has 5 heteroatoms. The number of rotatable bonds is 1. The molecule has 0 saturated carbocycles. The summed E-state index contributed by atoms with van der Waals surface area (Å²) in [5.74, 6) is -0.102. The zero-order valence-electron chi connectivity index (χ0n) is 11.7. The Bertz CT molecular complexity index is 811. The minimum atomic E-state index is -1.02. The van der Waals surface area contributed by atoms with Gasteiger partial charge in [-0.3, -0.25) is 4.79 Å². The van der Waals surface area contributed by atoms with E-state index in [0.717, 1.165) is 17.7 Å². The van der Waals surface area contributed by atoms with E-state index in [2.05, 4.69) is 6.07 Å². The summed E-state index contributed by atoms with van der Waals surface area (Å²) in [4.78, 5) is 14.7. The topological polar surface area (TPSA) is 68.0 Å². The van der Waals surface area contributed by atoms with E-state index >= 15 is 0 Å². The molecule has 0 bridgehead atoms. The fraction of sp³-hybridized carbons (Fsp3) is 0.118. The monoisotopic (exact) mass is 294 g/mol. The van der Waals surface area contributed by atoms with Gasteiger partial charge >= 0.3 is 0 Å². The van der Waals surface area contributed by atoms with Crippen LogP contribution in [-0.2, 0) is 6.42 Å². The average molecular weight is 294 g/mol. The van der Waals surface area contributed by atoms with Gasteiger partial charge in [0.05, 0.1) is 16.9 Å². The molecule has 0 radical (unpaired) electrons. The van der Waals surface area contributed by atoms with Crippen LogP contribution in [0.2, 0.25) is 0 Å². The molecule has 110 valence electrons. The Morgan fingerprint density at radius 3 is 2.82 bits per heavy atom. The van der Waals surface area contributed by atoms with Crippen LogP contribution in [0.3, 0.4) is 0 Å². The number of nitrogens with zero attached hydrogens (tertiary/aromatic N) is 1. The predicted octanol–water partition coefficient (Wildman–Crippen LogP) is 1.69. The van der Waals surface area contributed by atoms with E-state index in [-0.39, 0.29) is 11.5 Å². The lowest BCUT2D eigenvalue weighted by molar-refractivity contribution is -0.991. The Morgan fingerprint density at radius 1 is 1.18 bits per heavy atom. The maximum absolute atomic E-state index is 12.7. The Hall–Kier alpha value is -2.47. The molecule has 0 aliphatic carbocycles. The number of quaternary nitrogens is 1. The summed E-state index contributed by atoms with van der Waals surface area (Å²) in [6.45, 7) is 0.716. The molecule has 0 amide bonds. The van der Waals surface area contributed by atoms with Gasteiger partial charge in [0.1, 0.15) is 0 Å². The van der Waals surface area contributed by atoms with Gasteiger partial charge in [0.15, 0.2) is 5.69 Å². The highest BCUT2D eigenvalue weighted by molar-refractivity contribution is 6.21. The first-order valence-electron chi connectivity index (χ1n) is 7.14. The van der Waals surface area contributed by atoms with E-state index in [9.17, 15) is 10.0 Å². The zero-order chi connectivity index (χ0) is 15.3. The number of benzene rings is 2. The molecule has 2 aliphatic rings. The van der Waals surface area contributed by atoms with Gasteiger partial charge in [-0.2, -0.15) is 5.23 Å². The van der Waals surface area contributed by atoms with Gasteiger partial charge in [-0.25, -0.2) is 5.21 Å². The summed E-state index contributed by atoms with van der Waals surface area (Å²) in [5.41, 5.74) is 4.33. The van der Waals surface area contributed by atoms with Crippen molar-refractivity contribution in [2.24, 2.45) is 0 Å². The van der Waals surface area contributed by atoms with Crippen LogP contribution in [0.25, 0.3) is 6.08 Å². The van der Waals surface area contributed by atoms with Gasteiger partial charge in [0.25, 0.3) is 0 Å². The molecule has 22 heavy (non-hydrogen) atoms. The molecule has 1 unspecified atom stereocenters. The van der Waals surface area contributed by atoms with Crippen molar-refractivity contribution in [1.29, 1.82) is 0 Å². The van der Waals surface area contributed by atoms with Crippen molar-refractivity contribution in [3.05, 3.63) is 70.1 Å². The van der Waals surface area contributed by atoms with Crippen molar-refractivity contribution >= 4 is 23.2 Å². The number of carbonyl (C=O) groups excluding carboxylic acids is 1. The molecule has 2 N–H and O–H groups in total. The highest BCUT2D eigenvalue weighted by atomic mass is 16.8. The van der Waals surface area contributed by atoms with Crippen LogP contribution < -0.4 is 10.1 Å². The lowest BCUT2D eigenvalue weighted by Crippen LogP contribution is -2.99. The van der Waals surface area contributed by atoms with Crippen molar-refractivity contribution in [2.75, 3.05) is 11.4 Å². The summed E-state index contributed by atoms with van der Waals surface area (Å²) >= 11 is 0. The summed E-state index contributed by atoms with van der Waals surface area (Å²) in [6, 6.07) is 12.8. The third kappa shape index (κ3) is 1.88. The molecule has 2 heterocycles. The number of nitrogens with one attached hydrogen (secondary N) is 1. The predicted molar refractivity (Wildman–Crippen MR) is 82.0 cm³/mol. The van der Waals surface area contributed by atoms with E-state index < -0.39 is 5.23 Å². The molecule has 0 aromatic heterocycles. The number of ketones is 1. The number of hydrogen-bond donors (Lipinski definition) is 2. The van der Waals surface area contributed by atoms with Crippen LogP contribution in [0, 0.1) is 5.21 Å². The maximum Gasteiger partial charge on any atom is 0.211 e. The first-order valence-corrected chi connectivity index (χ1v) is 7.14. The maximum atomic E-state index is 12.7.